The predicted molar refractivity (Wildman–Crippen MR) is 90.0 cm³/mol. The highest BCUT2D eigenvalue weighted by molar-refractivity contribution is 5.92. The molecule has 0 fully saturated rings. The van der Waals surface area contributed by atoms with Crippen molar-refractivity contribution in [3.8, 4) is 5.75 Å². The van der Waals surface area contributed by atoms with E-state index in [0.29, 0.717) is 5.69 Å². The smallest absolute Gasteiger partial charge is 0.406 e. The number of carbonyl (C=O) groups is 1. The lowest BCUT2D eigenvalue weighted by Gasteiger charge is -2.12. The van der Waals surface area contributed by atoms with Crippen LogP contribution in [0.25, 0.3) is 5.65 Å². The molecule has 2 heterocycles. The summed E-state index contributed by atoms with van der Waals surface area (Å²) in [5.41, 5.74) is 3.00. The van der Waals surface area contributed by atoms with Crippen molar-refractivity contribution in [3.63, 3.8) is 0 Å². The van der Waals surface area contributed by atoms with Gasteiger partial charge in [0.2, 0.25) is 5.91 Å². The molecule has 2 aromatic heterocycles. The quantitative estimate of drug-likeness (QED) is 0.746. The summed E-state index contributed by atoms with van der Waals surface area (Å²) >= 11 is 0. The first-order valence-electron chi connectivity index (χ1n) is 7.95. The van der Waals surface area contributed by atoms with Gasteiger partial charge >= 0.3 is 6.36 Å². The van der Waals surface area contributed by atoms with Crippen molar-refractivity contribution >= 4 is 17.2 Å². The number of rotatable bonds is 5. The molecule has 1 N–H and O–H groups in total. The van der Waals surface area contributed by atoms with Gasteiger partial charge in [0.25, 0.3) is 0 Å². The first-order chi connectivity index (χ1) is 12.4. The molecular formula is C18H16F3N3O2. The van der Waals surface area contributed by atoms with Crippen molar-refractivity contribution in [3.05, 3.63) is 60.0 Å². The number of imidazole rings is 1. The largest absolute Gasteiger partial charge is 0.573 e. The number of aryl methyl sites for hydroxylation is 1. The van der Waals surface area contributed by atoms with E-state index in [0.717, 1.165) is 35.5 Å². The number of aromatic nitrogens is 2. The summed E-state index contributed by atoms with van der Waals surface area (Å²) < 4.78 is 42.2. The average Bonchev–Trinajstić information content (AvgIpc) is 3.04. The molecule has 8 heteroatoms. The number of amides is 1. The Balaban J connectivity index is 1.72. The summed E-state index contributed by atoms with van der Waals surface area (Å²) in [4.78, 5) is 16.6. The summed E-state index contributed by atoms with van der Waals surface area (Å²) in [5.74, 6) is -0.614. The van der Waals surface area contributed by atoms with Crippen LogP contribution >= 0.6 is 0 Å². The third-order valence-electron chi connectivity index (χ3n) is 3.84. The van der Waals surface area contributed by atoms with Crippen LogP contribution in [0.1, 0.15) is 18.2 Å². The van der Waals surface area contributed by atoms with E-state index in [-0.39, 0.29) is 18.1 Å². The van der Waals surface area contributed by atoms with E-state index in [1.807, 2.05) is 23.5 Å². The fourth-order valence-corrected chi connectivity index (χ4v) is 2.71. The molecule has 1 aromatic carbocycles. The number of nitrogens with zero attached hydrogens (tertiary/aromatic N) is 2. The Kier molecular flexibility index (Phi) is 4.83. The molecule has 5 nitrogen and oxygen atoms in total. The van der Waals surface area contributed by atoms with Crippen molar-refractivity contribution in [1.29, 1.82) is 0 Å². The number of hydrogen-bond donors (Lipinski definition) is 1. The maximum absolute atomic E-state index is 12.4. The van der Waals surface area contributed by atoms with Gasteiger partial charge in [0.1, 0.15) is 11.4 Å². The van der Waals surface area contributed by atoms with Crippen LogP contribution in [0.4, 0.5) is 18.9 Å². The topological polar surface area (TPSA) is 55.6 Å². The normalized spacial score (nSPS) is 11.5. The molecule has 3 rings (SSSR count). The Morgan fingerprint density at radius 3 is 2.58 bits per heavy atom. The summed E-state index contributed by atoms with van der Waals surface area (Å²) in [5, 5.41) is 2.68. The number of carbonyl (C=O) groups excluding carboxylic acids is 1. The molecule has 0 saturated heterocycles. The zero-order chi connectivity index (χ0) is 18.7. The van der Waals surface area contributed by atoms with Crippen LogP contribution < -0.4 is 10.1 Å². The van der Waals surface area contributed by atoms with Gasteiger partial charge in [0, 0.05) is 23.8 Å². The lowest BCUT2D eigenvalue weighted by molar-refractivity contribution is -0.274. The Hall–Kier alpha value is -3.03. The standard InChI is InChI=1S/C18H16F3N3O2/c1-2-12-3-8-16-22-9-10-24(16)15(12)11-17(25)23-13-4-6-14(7-5-13)26-18(19,20)21/h3-10H,2,11H2,1H3,(H,23,25). The van der Waals surface area contributed by atoms with E-state index in [1.54, 1.807) is 12.4 Å². The Bertz CT molecular complexity index is 918. The lowest BCUT2D eigenvalue weighted by Crippen LogP contribution is -2.18. The van der Waals surface area contributed by atoms with Crippen LogP contribution in [-0.2, 0) is 17.6 Å². The van der Waals surface area contributed by atoms with Crippen LogP contribution in [0.5, 0.6) is 5.75 Å². The van der Waals surface area contributed by atoms with Crippen LogP contribution in [-0.4, -0.2) is 21.7 Å². The Labute approximate surface area is 147 Å². The van der Waals surface area contributed by atoms with Crippen molar-refractivity contribution in [1.82, 2.24) is 9.38 Å². The van der Waals surface area contributed by atoms with E-state index >= 15 is 0 Å². The minimum Gasteiger partial charge on any atom is -0.406 e. The molecule has 136 valence electrons. The van der Waals surface area contributed by atoms with E-state index in [4.69, 9.17) is 0 Å². The molecule has 0 radical (unpaired) electrons. The molecule has 0 saturated carbocycles. The van der Waals surface area contributed by atoms with Gasteiger partial charge < -0.3 is 14.5 Å². The minimum absolute atomic E-state index is 0.123. The number of anilines is 1. The van der Waals surface area contributed by atoms with Crippen molar-refractivity contribution in [2.45, 2.75) is 26.1 Å². The maximum atomic E-state index is 12.4. The monoisotopic (exact) mass is 363 g/mol. The van der Waals surface area contributed by atoms with Crippen LogP contribution in [0.2, 0.25) is 0 Å². The van der Waals surface area contributed by atoms with Gasteiger partial charge in [0.05, 0.1) is 6.42 Å². The number of alkyl halides is 3. The first kappa shape index (κ1) is 17.8. The molecule has 0 unspecified atom stereocenters. The summed E-state index contributed by atoms with van der Waals surface area (Å²) in [7, 11) is 0. The van der Waals surface area contributed by atoms with Crippen LogP contribution in [0.3, 0.4) is 0 Å². The van der Waals surface area contributed by atoms with Gasteiger partial charge in [-0.3, -0.25) is 4.79 Å². The molecule has 26 heavy (non-hydrogen) atoms. The Morgan fingerprint density at radius 2 is 1.92 bits per heavy atom. The molecule has 0 aliphatic heterocycles. The number of fused-ring (bicyclic) bond motifs is 1. The zero-order valence-electron chi connectivity index (χ0n) is 13.9. The molecular weight excluding hydrogens is 347 g/mol. The van der Waals surface area contributed by atoms with Gasteiger partial charge in [-0.2, -0.15) is 0 Å². The fourth-order valence-electron chi connectivity index (χ4n) is 2.71. The van der Waals surface area contributed by atoms with Gasteiger partial charge in [0.15, 0.2) is 0 Å². The van der Waals surface area contributed by atoms with Crippen molar-refractivity contribution in [2.75, 3.05) is 5.32 Å². The third-order valence-corrected chi connectivity index (χ3v) is 3.84. The summed E-state index contributed by atoms with van der Waals surface area (Å²) in [6.07, 6.45) is -0.404. The second-order valence-corrected chi connectivity index (χ2v) is 5.61. The molecule has 0 atom stereocenters. The van der Waals surface area contributed by atoms with Gasteiger partial charge in [-0.15, -0.1) is 13.2 Å². The highest BCUT2D eigenvalue weighted by Crippen LogP contribution is 2.24. The number of ether oxygens (including phenoxy) is 1. The Morgan fingerprint density at radius 1 is 1.19 bits per heavy atom. The van der Waals surface area contributed by atoms with Crippen LogP contribution in [0, 0.1) is 0 Å². The first-order valence-corrected chi connectivity index (χ1v) is 7.95. The number of halogens is 3. The van der Waals surface area contributed by atoms with Crippen molar-refractivity contribution in [2.24, 2.45) is 0 Å². The zero-order valence-corrected chi connectivity index (χ0v) is 13.9. The maximum Gasteiger partial charge on any atom is 0.573 e. The van der Waals surface area contributed by atoms with Gasteiger partial charge in [-0.1, -0.05) is 13.0 Å². The fraction of sp³-hybridized carbons (Fsp3) is 0.222. The lowest BCUT2D eigenvalue weighted by atomic mass is 10.1. The molecule has 0 aliphatic rings. The summed E-state index contributed by atoms with van der Waals surface area (Å²) in [6.45, 7) is 2.00. The SMILES string of the molecule is CCc1ccc2nccn2c1CC(=O)Nc1ccc(OC(F)(F)F)cc1. The van der Waals surface area contributed by atoms with E-state index in [9.17, 15) is 18.0 Å². The number of nitrogens with one attached hydrogen (secondary N) is 1. The van der Waals surface area contributed by atoms with E-state index < -0.39 is 6.36 Å². The molecule has 3 aromatic rings. The molecule has 0 spiro atoms. The number of benzene rings is 1. The minimum atomic E-state index is -4.75. The molecule has 0 bridgehead atoms. The van der Waals surface area contributed by atoms with Gasteiger partial charge in [-0.25, -0.2) is 4.98 Å². The predicted octanol–water partition coefficient (Wildman–Crippen LogP) is 3.98. The van der Waals surface area contributed by atoms with Gasteiger partial charge in [-0.05, 0) is 42.3 Å². The highest BCUT2D eigenvalue weighted by atomic mass is 19.4. The van der Waals surface area contributed by atoms with Crippen LogP contribution in [0.15, 0.2) is 48.8 Å². The average molecular weight is 363 g/mol. The van der Waals surface area contributed by atoms with E-state index in [2.05, 4.69) is 15.0 Å². The highest BCUT2D eigenvalue weighted by Gasteiger charge is 2.30. The number of hydrogen-bond acceptors (Lipinski definition) is 3. The number of pyridine rings is 1. The summed E-state index contributed by atoms with van der Waals surface area (Å²) in [6, 6.07) is 8.84. The molecule has 1 amide bonds. The van der Waals surface area contributed by atoms with E-state index in [1.165, 1.54) is 12.1 Å². The molecule has 0 aliphatic carbocycles. The third kappa shape index (κ3) is 4.14. The second-order valence-electron chi connectivity index (χ2n) is 5.61. The second kappa shape index (κ2) is 7.07. The van der Waals surface area contributed by atoms with Crippen molar-refractivity contribution < 1.29 is 22.7 Å².